The second-order valence-electron chi connectivity index (χ2n) is 5.76. The van der Waals surface area contributed by atoms with E-state index in [2.05, 4.69) is 30.3 Å². The lowest BCUT2D eigenvalue weighted by molar-refractivity contribution is 0.241. The van der Waals surface area contributed by atoms with Gasteiger partial charge < -0.3 is 5.11 Å². The van der Waals surface area contributed by atoms with Crippen molar-refractivity contribution in [2.75, 3.05) is 6.61 Å². The molecule has 17 heavy (non-hydrogen) atoms. The average molecular weight is 230 g/mol. The standard InChI is InChI=1S/C16H22O/c17-11-14-15(12-7-3-1-4-8-12)16(14)13-9-5-2-6-10-13/h1,3-4,7-8,13-17H,2,5-6,9-11H2/t14-,15+,16+/m0/s1. The van der Waals surface area contributed by atoms with Crippen molar-refractivity contribution in [1.29, 1.82) is 0 Å². The molecule has 0 aromatic heterocycles. The molecule has 1 N–H and O–H groups in total. The molecule has 0 heterocycles. The van der Waals surface area contributed by atoms with Crippen molar-refractivity contribution < 1.29 is 5.11 Å². The molecule has 0 unspecified atom stereocenters. The third-order valence-corrected chi connectivity index (χ3v) is 4.82. The maximum atomic E-state index is 9.54. The molecule has 1 aromatic rings. The van der Waals surface area contributed by atoms with E-state index in [1.54, 1.807) is 0 Å². The van der Waals surface area contributed by atoms with Crippen LogP contribution in [0.3, 0.4) is 0 Å². The summed E-state index contributed by atoms with van der Waals surface area (Å²) in [5.41, 5.74) is 1.45. The highest BCUT2D eigenvalue weighted by atomic mass is 16.3. The summed E-state index contributed by atoms with van der Waals surface area (Å²) in [7, 11) is 0. The van der Waals surface area contributed by atoms with Crippen LogP contribution < -0.4 is 0 Å². The molecule has 0 spiro atoms. The maximum absolute atomic E-state index is 9.54. The summed E-state index contributed by atoms with van der Waals surface area (Å²) < 4.78 is 0. The van der Waals surface area contributed by atoms with Gasteiger partial charge in [-0.25, -0.2) is 0 Å². The van der Waals surface area contributed by atoms with Gasteiger partial charge in [0.15, 0.2) is 0 Å². The van der Waals surface area contributed by atoms with Gasteiger partial charge in [-0.15, -0.1) is 0 Å². The Morgan fingerprint density at radius 1 is 1.00 bits per heavy atom. The van der Waals surface area contributed by atoms with E-state index in [1.165, 1.54) is 37.7 Å². The van der Waals surface area contributed by atoms with E-state index >= 15 is 0 Å². The molecule has 3 rings (SSSR count). The lowest BCUT2D eigenvalue weighted by Crippen LogP contribution is -2.10. The van der Waals surface area contributed by atoms with Crippen LogP contribution in [0.4, 0.5) is 0 Å². The van der Waals surface area contributed by atoms with E-state index in [0.717, 1.165) is 11.8 Å². The van der Waals surface area contributed by atoms with Gasteiger partial charge in [0.05, 0.1) is 0 Å². The van der Waals surface area contributed by atoms with Gasteiger partial charge in [-0.2, -0.15) is 0 Å². The molecule has 0 amide bonds. The van der Waals surface area contributed by atoms with Crippen LogP contribution in [0.15, 0.2) is 30.3 Å². The van der Waals surface area contributed by atoms with Gasteiger partial charge in [-0.1, -0.05) is 62.4 Å². The SMILES string of the molecule is OC[C@H]1[C@@H](c2ccccc2)[C@@H]1C1CCCCC1. The summed E-state index contributed by atoms with van der Waals surface area (Å²) in [6.45, 7) is 0.376. The Bertz CT molecular complexity index is 353. The second kappa shape index (κ2) is 4.81. The molecule has 2 saturated carbocycles. The van der Waals surface area contributed by atoms with Crippen molar-refractivity contribution in [1.82, 2.24) is 0 Å². The summed E-state index contributed by atoms with van der Waals surface area (Å²) in [6, 6.07) is 10.8. The number of aliphatic hydroxyl groups is 1. The van der Waals surface area contributed by atoms with Gasteiger partial charge in [-0.3, -0.25) is 0 Å². The Labute approximate surface area is 104 Å². The minimum atomic E-state index is 0.376. The number of hydrogen-bond donors (Lipinski definition) is 1. The Morgan fingerprint density at radius 2 is 1.71 bits per heavy atom. The van der Waals surface area contributed by atoms with Crippen LogP contribution in [0.1, 0.15) is 43.6 Å². The molecular weight excluding hydrogens is 208 g/mol. The second-order valence-corrected chi connectivity index (χ2v) is 5.76. The minimum absolute atomic E-state index is 0.376. The fourth-order valence-corrected chi connectivity index (χ4v) is 3.94. The largest absolute Gasteiger partial charge is 0.396 e. The van der Waals surface area contributed by atoms with E-state index in [0.29, 0.717) is 18.4 Å². The van der Waals surface area contributed by atoms with Crippen molar-refractivity contribution >= 4 is 0 Å². The summed E-state index contributed by atoms with van der Waals surface area (Å²) in [5, 5.41) is 9.54. The monoisotopic (exact) mass is 230 g/mol. The fourth-order valence-electron chi connectivity index (χ4n) is 3.94. The molecule has 0 aliphatic heterocycles. The van der Waals surface area contributed by atoms with E-state index in [9.17, 15) is 5.11 Å². The first kappa shape index (κ1) is 11.3. The van der Waals surface area contributed by atoms with Gasteiger partial charge >= 0.3 is 0 Å². The zero-order valence-electron chi connectivity index (χ0n) is 10.4. The molecular formula is C16H22O. The van der Waals surface area contributed by atoms with Crippen LogP contribution in [-0.2, 0) is 0 Å². The van der Waals surface area contributed by atoms with Gasteiger partial charge in [0.25, 0.3) is 0 Å². The smallest absolute Gasteiger partial charge is 0.0468 e. The van der Waals surface area contributed by atoms with Crippen LogP contribution in [0.25, 0.3) is 0 Å². The third kappa shape index (κ3) is 2.13. The highest BCUT2D eigenvalue weighted by molar-refractivity contribution is 5.28. The van der Waals surface area contributed by atoms with Gasteiger partial charge in [0.1, 0.15) is 0 Å². The third-order valence-electron chi connectivity index (χ3n) is 4.82. The van der Waals surface area contributed by atoms with Crippen molar-refractivity contribution in [3.8, 4) is 0 Å². The van der Waals surface area contributed by atoms with Gasteiger partial charge in [0, 0.05) is 6.61 Å². The number of rotatable bonds is 3. The Kier molecular flexibility index (Phi) is 3.19. The Balaban J connectivity index is 1.73. The van der Waals surface area contributed by atoms with Crippen molar-refractivity contribution in [3.63, 3.8) is 0 Å². The van der Waals surface area contributed by atoms with Gasteiger partial charge in [0.2, 0.25) is 0 Å². The van der Waals surface area contributed by atoms with Crippen molar-refractivity contribution in [3.05, 3.63) is 35.9 Å². The Morgan fingerprint density at radius 3 is 2.35 bits per heavy atom. The molecule has 0 radical (unpaired) electrons. The lowest BCUT2D eigenvalue weighted by Gasteiger charge is -2.22. The molecule has 0 saturated heterocycles. The predicted molar refractivity (Wildman–Crippen MR) is 69.8 cm³/mol. The maximum Gasteiger partial charge on any atom is 0.0468 e. The zero-order chi connectivity index (χ0) is 11.7. The first-order chi connectivity index (χ1) is 8.42. The lowest BCUT2D eigenvalue weighted by atomic mass is 9.84. The van der Waals surface area contributed by atoms with Crippen LogP contribution in [0.5, 0.6) is 0 Å². The fraction of sp³-hybridized carbons (Fsp3) is 0.625. The van der Waals surface area contributed by atoms with E-state index in [4.69, 9.17) is 0 Å². The highest BCUT2D eigenvalue weighted by Gasteiger charge is 2.53. The zero-order valence-corrected chi connectivity index (χ0v) is 10.4. The Hall–Kier alpha value is -0.820. The van der Waals surface area contributed by atoms with E-state index < -0.39 is 0 Å². The molecule has 0 bridgehead atoms. The van der Waals surface area contributed by atoms with E-state index in [1.807, 2.05) is 0 Å². The molecule has 1 heteroatoms. The van der Waals surface area contributed by atoms with Gasteiger partial charge in [-0.05, 0) is 29.2 Å². The molecule has 2 aliphatic carbocycles. The summed E-state index contributed by atoms with van der Waals surface area (Å²) in [4.78, 5) is 0. The molecule has 1 nitrogen and oxygen atoms in total. The van der Waals surface area contributed by atoms with Crippen molar-refractivity contribution in [2.45, 2.75) is 38.0 Å². The topological polar surface area (TPSA) is 20.2 Å². The first-order valence-electron chi connectivity index (χ1n) is 7.07. The van der Waals surface area contributed by atoms with Crippen LogP contribution >= 0.6 is 0 Å². The number of hydrogen-bond acceptors (Lipinski definition) is 1. The number of aliphatic hydroxyl groups excluding tert-OH is 1. The van der Waals surface area contributed by atoms with E-state index in [-0.39, 0.29) is 0 Å². The number of benzene rings is 1. The molecule has 3 atom stereocenters. The summed E-state index contributed by atoms with van der Waals surface area (Å²) in [6.07, 6.45) is 7.01. The molecule has 2 aliphatic rings. The summed E-state index contributed by atoms with van der Waals surface area (Å²) >= 11 is 0. The summed E-state index contributed by atoms with van der Waals surface area (Å²) in [5.74, 6) is 2.83. The molecule has 1 aromatic carbocycles. The quantitative estimate of drug-likeness (QED) is 0.841. The average Bonchev–Trinajstić information content (AvgIpc) is 3.15. The normalized spacial score (nSPS) is 33.6. The van der Waals surface area contributed by atoms with Crippen molar-refractivity contribution in [2.24, 2.45) is 17.8 Å². The minimum Gasteiger partial charge on any atom is -0.396 e. The van der Waals surface area contributed by atoms with Crippen LogP contribution in [0.2, 0.25) is 0 Å². The molecule has 2 fully saturated rings. The van der Waals surface area contributed by atoms with Crippen LogP contribution in [0, 0.1) is 17.8 Å². The van der Waals surface area contributed by atoms with Crippen LogP contribution in [-0.4, -0.2) is 11.7 Å². The highest BCUT2D eigenvalue weighted by Crippen LogP contribution is 2.60. The molecule has 92 valence electrons. The first-order valence-corrected chi connectivity index (χ1v) is 7.07. The predicted octanol–water partition coefficient (Wildman–Crippen LogP) is 3.59.